The van der Waals surface area contributed by atoms with E-state index in [1.54, 1.807) is 16.7 Å². The molecule has 0 aromatic carbocycles. The number of nitrogens with zero attached hydrogens (tertiary/aromatic N) is 1. The molecule has 4 nitrogen and oxygen atoms in total. The van der Waals surface area contributed by atoms with Crippen LogP contribution in [0, 0.1) is 5.92 Å². The minimum Gasteiger partial charge on any atom is -0.481 e. The SMILES string of the molecule is CCC(CC)(CN1CC(C(=O)O)CC1=O)SC. The van der Waals surface area contributed by atoms with Crippen LogP contribution in [0.25, 0.3) is 0 Å². The van der Waals surface area contributed by atoms with Crippen molar-refractivity contribution >= 4 is 23.6 Å². The van der Waals surface area contributed by atoms with Gasteiger partial charge in [0.15, 0.2) is 0 Å². The fraction of sp³-hybridized carbons (Fsp3) is 0.833. The Morgan fingerprint density at radius 2 is 2.12 bits per heavy atom. The molecule has 1 fully saturated rings. The number of hydrogen-bond acceptors (Lipinski definition) is 3. The zero-order chi connectivity index (χ0) is 13.1. The Morgan fingerprint density at radius 3 is 2.47 bits per heavy atom. The summed E-state index contributed by atoms with van der Waals surface area (Å²) in [5.41, 5.74) is 0. The predicted octanol–water partition coefficient (Wildman–Crippen LogP) is 1.84. The van der Waals surface area contributed by atoms with Gasteiger partial charge in [-0.05, 0) is 19.1 Å². The van der Waals surface area contributed by atoms with Crippen LogP contribution in [-0.2, 0) is 9.59 Å². The van der Waals surface area contributed by atoms with Crippen LogP contribution in [0.4, 0.5) is 0 Å². The number of hydrogen-bond donors (Lipinski definition) is 1. The van der Waals surface area contributed by atoms with Gasteiger partial charge in [0.1, 0.15) is 0 Å². The van der Waals surface area contributed by atoms with Crippen molar-refractivity contribution in [1.82, 2.24) is 4.90 Å². The summed E-state index contributed by atoms with van der Waals surface area (Å²) in [5.74, 6) is -1.39. The number of likely N-dealkylation sites (tertiary alicyclic amines) is 1. The summed E-state index contributed by atoms with van der Waals surface area (Å²) in [5, 5.41) is 8.93. The Bertz CT molecular complexity index is 294. The van der Waals surface area contributed by atoms with Crippen molar-refractivity contribution in [2.75, 3.05) is 19.3 Å². The summed E-state index contributed by atoms with van der Waals surface area (Å²) in [6.45, 7) is 5.28. The third-order valence-electron chi connectivity index (χ3n) is 3.76. The lowest BCUT2D eigenvalue weighted by molar-refractivity contribution is -0.141. The number of carbonyl (C=O) groups excluding carboxylic acids is 1. The lowest BCUT2D eigenvalue weighted by atomic mass is 10.0. The van der Waals surface area contributed by atoms with E-state index in [0.717, 1.165) is 12.8 Å². The number of aliphatic carboxylic acids is 1. The Balaban J connectivity index is 2.69. The molecule has 17 heavy (non-hydrogen) atoms. The summed E-state index contributed by atoms with van der Waals surface area (Å²) in [6, 6.07) is 0. The molecule has 0 aliphatic carbocycles. The van der Waals surface area contributed by atoms with Crippen molar-refractivity contribution in [1.29, 1.82) is 0 Å². The average molecular weight is 259 g/mol. The number of rotatable bonds is 6. The van der Waals surface area contributed by atoms with Crippen molar-refractivity contribution in [3.05, 3.63) is 0 Å². The highest BCUT2D eigenvalue weighted by molar-refractivity contribution is 8.00. The smallest absolute Gasteiger partial charge is 0.308 e. The van der Waals surface area contributed by atoms with E-state index in [0.29, 0.717) is 13.1 Å². The molecule has 1 rings (SSSR count). The normalized spacial score (nSPS) is 21.0. The number of carboxylic acids is 1. The highest BCUT2D eigenvalue weighted by Crippen LogP contribution is 2.33. The number of carbonyl (C=O) groups is 2. The first-order valence-corrected chi connectivity index (χ1v) is 7.26. The molecule has 1 N–H and O–H groups in total. The lowest BCUT2D eigenvalue weighted by Crippen LogP contribution is -2.41. The second kappa shape index (κ2) is 5.76. The van der Waals surface area contributed by atoms with E-state index in [-0.39, 0.29) is 17.1 Å². The molecule has 1 aliphatic rings. The summed E-state index contributed by atoms with van der Waals surface area (Å²) in [7, 11) is 0. The molecule has 0 aromatic rings. The fourth-order valence-electron chi connectivity index (χ4n) is 2.27. The van der Waals surface area contributed by atoms with Crippen molar-refractivity contribution < 1.29 is 14.7 Å². The van der Waals surface area contributed by atoms with Gasteiger partial charge in [0.25, 0.3) is 0 Å². The first kappa shape index (κ1) is 14.4. The fourth-order valence-corrected chi connectivity index (χ4v) is 3.13. The Labute approximate surface area is 107 Å². The van der Waals surface area contributed by atoms with Gasteiger partial charge < -0.3 is 10.0 Å². The van der Waals surface area contributed by atoms with Crippen molar-refractivity contribution in [2.45, 2.75) is 37.9 Å². The third kappa shape index (κ3) is 3.15. The van der Waals surface area contributed by atoms with Gasteiger partial charge in [0.05, 0.1) is 5.92 Å². The third-order valence-corrected chi connectivity index (χ3v) is 5.34. The highest BCUT2D eigenvalue weighted by Gasteiger charge is 2.38. The molecule has 0 radical (unpaired) electrons. The standard InChI is InChI=1S/C12H21NO3S/c1-4-12(5-2,17-3)8-13-7-9(11(15)16)6-10(13)14/h9H,4-8H2,1-3H3,(H,15,16). The molecule has 0 spiro atoms. The van der Waals surface area contributed by atoms with Gasteiger partial charge in [-0.1, -0.05) is 13.8 Å². The largest absolute Gasteiger partial charge is 0.481 e. The van der Waals surface area contributed by atoms with Gasteiger partial charge in [-0.2, -0.15) is 11.8 Å². The Kier molecular flexibility index (Phi) is 4.86. The maximum absolute atomic E-state index is 11.8. The summed E-state index contributed by atoms with van der Waals surface area (Å²) >= 11 is 1.77. The maximum Gasteiger partial charge on any atom is 0.308 e. The maximum atomic E-state index is 11.8. The average Bonchev–Trinajstić information content (AvgIpc) is 2.68. The molecule has 5 heteroatoms. The van der Waals surface area contributed by atoms with E-state index in [2.05, 4.69) is 20.1 Å². The number of amides is 1. The molecular weight excluding hydrogens is 238 g/mol. The van der Waals surface area contributed by atoms with Gasteiger partial charge in [-0.25, -0.2) is 0 Å². The molecule has 1 aliphatic heterocycles. The minimum absolute atomic E-state index is 0.0160. The first-order valence-electron chi connectivity index (χ1n) is 6.03. The predicted molar refractivity (Wildman–Crippen MR) is 69.2 cm³/mol. The minimum atomic E-state index is -0.858. The van der Waals surface area contributed by atoms with Crippen molar-refractivity contribution in [3.8, 4) is 0 Å². The molecular formula is C12H21NO3S. The van der Waals surface area contributed by atoms with Gasteiger partial charge in [-0.15, -0.1) is 0 Å². The Morgan fingerprint density at radius 1 is 1.53 bits per heavy atom. The number of carboxylic acid groups (broad SMARTS) is 1. The van der Waals surface area contributed by atoms with Crippen LogP contribution >= 0.6 is 11.8 Å². The van der Waals surface area contributed by atoms with Gasteiger partial charge in [0.2, 0.25) is 5.91 Å². The van der Waals surface area contributed by atoms with E-state index in [4.69, 9.17) is 5.11 Å². The van der Waals surface area contributed by atoms with E-state index < -0.39 is 11.9 Å². The first-order chi connectivity index (χ1) is 7.98. The van der Waals surface area contributed by atoms with Gasteiger partial charge in [0, 0.05) is 24.3 Å². The van der Waals surface area contributed by atoms with Crippen LogP contribution in [0.5, 0.6) is 0 Å². The van der Waals surface area contributed by atoms with Crippen LogP contribution in [0.2, 0.25) is 0 Å². The number of thioether (sulfide) groups is 1. The van der Waals surface area contributed by atoms with E-state index in [1.807, 2.05) is 0 Å². The van der Waals surface area contributed by atoms with Crippen LogP contribution in [-0.4, -0.2) is 46.0 Å². The monoisotopic (exact) mass is 259 g/mol. The lowest BCUT2D eigenvalue weighted by Gasteiger charge is -2.34. The van der Waals surface area contributed by atoms with Crippen LogP contribution in [0.3, 0.4) is 0 Å². The van der Waals surface area contributed by atoms with Crippen molar-refractivity contribution in [2.24, 2.45) is 5.92 Å². The van der Waals surface area contributed by atoms with Gasteiger partial charge >= 0.3 is 5.97 Å². The van der Waals surface area contributed by atoms with Crippen LogP contribution in [0.15, 0.2) is 0 Å². The topological polar surface area (TPSA) is 57.6 Å². The summed E-state index contributed by atoms with van der Waals surface area (Å²) in [4.78, 5) is 24.4. The molecule has 0 saturated carbocycles. The van der Waals surface area contributed by atoms with E-state index in [9.17, 15) is 9.59 Å². The zero-order valence-electron chi connectivity index (χ0n) is 10.7. The molecule has 1 unspecified atom stereocenters. The summed E-state index contributed by atoms with van der Waals surface area (Å²) in [6.07, 6.45) is 4.20. The van der Waals surface area contributed by atoms with Crippen LogP contribution < -0.4 is 0 Å². The quantitative estimate of drug-likeness (QED) is 0.791. The second-order valence-corrected chi connectivity index (χ2v) is 5.88. The summed E-state index contributed by atoms with van der Waals surface area (Å²) < 4.78 is 0.0725. The Hall–Kier alpha value is -0.710. The molecule has 1 atom stereocenters. The molecule has 0 bridgehead atoms. The van der Waals surface area contributed by atoms with E-state index in [1.165, 1.54) is 0 Å². The highest BCUT2D eigenvalue weighted by atomic mass is 32.2. The van der Waals surface area contributed by atoms with Crippen molar-refractivity contribution in [3.63, 3.8) is 0 Å². The molecule has 1 heterocycles. The molecule has 1 saturated heterocycles. The zero-order valence-corrected chi connectivity index (χ0v) is 11.5. The molecule has 98 valence electrons. The molecule has 0 aromatic heterocycles. The second-order valence-electron chi connectivity index (χ2n) is 4.61. The van der Waals surface area contributed by atoms with E-state index >= 15 is 0 Å². The van der Waals surface area contributed by atoms with Crippen LogP contribution in [0.1, 0.15) is 33.1 Å². The molecule has 1 amide bonds. The van der Waals surface area contributed by atoms with Gasteiger partial charge in [-0.3, -0.25) is 9.59 Å².